The number of benzene rings is 2. The summed E-state index contributed by atoms with van der Waals surface area (Å²) in [6.45, 7) is 7.02. The van der Waals surface area contributed by atoms with Gasteiger partial charge < -0.3 is 10.2 Å². The zero-order valence-corrected chi connectivity index (χ0v) is 28.7. The highest BCUT2D eigenvalue weighted by Gasteiger charge is 2.51. The first-order chi connectivity index (χ1) is 20.6. The van der Waals surface area contributed by atoms with Crippen LogP contribution >= 0.6 is 23.2 Å². The van der Waals surface area contributed by atoms with E-state index in [1.807, 2.05) is 39.8 Å². The van der Waals surface area contributed by atoms with Crippen LogP contribution in [0.5, 0.6) is 0 Å². The predicted octanol–water partition coefficient (Wildman–Crippen LogP) is 6.95. The number of sulfonamides is 1. The largest absolute Gasteiger partial charge is 0.350 e. The van der Waals surface area contributed by atoms with Crippen molar-refractivity contribution >= 4 is 50.7 Å². The van der Waals surface area contributed by atoms with E-state index >= 15 is 0 Å². The molecule has 0 aliphatic heterocycles. The highest BCUT2D eigenvalue weighted by molar-refractivity contribution is 7.92. The van der Waals surface area contributed by atoms with Crippen LogP contribution in [0.4, 0.5) is 5.69 Å². The number of nitrogens with zero attached hydrogens (tertiary/aromatic N) is 2. The molecule has 2 aromatic rings. The molecule has 0 unspecified atom stereocenters. The minimum Gasteiger partial charge on any atom is -0.350 e. The Morgan fingerprint density at radius 1 is 0.977 bits per heavy atom. The summed E-state index contributed by atoms with van der Waals surface area (Å²) < 4.78 is 27.4. The monoisotopic (exact) mass is 661 g/mol. The molecule has 240 valence electrons. The predicted molar refractivity (Wildman–Crippen MR) is 177 cm³/mol. The van der Waals surface area contributed by atoms with Gasteiger partial charge in [0.25, 0.3) is 0 Å². The zero-order chi connectivity index (χ0) is 32.0. The van der Waals surface area contributed by atoms with Crippen molar-refractivity contribution < 1.29 is 18.0 Å². The highest BCUT2D eigenvalue weighted by Crippen LogP contribution is 2.60. The minimum absolute atomic E-state index is 0.0213. The molecule has 1 atom stereocenters. The first-order valence-corrected chi connectivity index (χ1v) is 18.3. The minimum atomic E-state index is -3.83. The van der Waals surface area contributed by atoms with Gasteiger partial charge in [-0.05, 0) is 124 Å². The lowest BCUT2D eigenvalue weighted by atomic mass is 9.48. The summed E-state index contributed by atoms with van der Waals surface area (Å²) in [4.78, 5) is 28.9. The van der Waals surface area contributed by atoms with Crippen LogP contribution in [-0.2, 0) is 31.6 Å². The van der Waals surface area contributed by atoms with Crippen LogP contribution in [0.25, 0.3) is 0 Å². The second-order valence-electron chi connectivity index (χ2n) is 14.4. The molecule has 7 nitrogen and oxygen atoms in total. The molecule has 4 aliphatic carbocycles. The summed E-state index contributed by atoms with van der Waals surface area (Å²) in [5.41, 5.74) is 1.99. The molecule has 0 aromatic heterocycles. The third-order valence-corrected chi connectivity index (χ3v) is 11.5. The van der Waals surface area contributed by atoms with Crippen LogP contribution < -0.4 is 9.62 Å². The van der Waals surface area contributed by atoms with Crippen molar-refractivity contribution in [2.24, 2.45) is 17.8 Å². The van der Waals surface area contributed by atoms with Crippen LogP contribution in [0.1, 0.15) is 83.8 Å². The van der Waals surface area contributed by atoms with Crippen molar-refractivity contribution in [2.75, 3.05) is 17.1 Å². The quantitative estimate of drug-likeness (QED) is 0.299. The number of hydrogen-bond acceptors (Lipinski definition) is 4. The Balaban J connectivity index is 1.42. The number of carbonyl (C=O) groups excluding carboxylic acids is 2. The van der Waals surface area contributed by atoms with E-state index in [1.165, 1.54) is 49.0 Å². The number of rotatable bonds is 10. The number of halogens is 2. The van der Waals surface area contributed by atoms with Crippen LogP contribution in [0.2, 0.25) is 10.0 Å². The van der Waals surface area contributed by atoms with Crippen molar-refractivity contribution in [3.63, 3.8) is 0 Å². The fraction of sp³-hybridized carbons (Fsp3) is 0.588. The number of amides is 2. The second kappa shape index (κ2) is 12.5. The van der Waals surface area contributed by atoms with Gasteiger partial charge in [0.15, 0.2) is 0 Å². The van der Waals surface area contributed by atoms with Crippen LogP contribution in [0.15, 0.2) is 42.5 Å². The van der Waals surface area contributed by atoms with Gasteiger partial charge in [-0.25, -0.2) is 8.42 Å². The van der Waals surface area contributed by atoms with Crippen molar-refractivity contribution in [3.8, 4) is 0 Å². The van der Waals surface area contributed by atoms with Gasteiger partial charge in [-0.2, -0.15) is 0 Å². The van der Waals surface area contributed by atoms with Crippen LogP contribution in [0.3, 0.4) is 0 Å². The third-order valence-electron chi connectivity index (χ3n) is 9.73. The standard InChI is InChI=1S/C34H45Cl2N3O4S/c1-6-30(32(41)37-33(2,3)4)38(20-25-7-10-27(35)16-29(25)36)31(40)21-39(44(5,42)43)28-11-8-26(9-12-28)34-17-22-13-23(18-34)15-24(14-22)19-34/h7-12,16,22-24,30H,6,13-15,17-21H2,1-5H3,(H,37,41)/t22?,23?,24?,30-,34?/m0/s1. The highest BCUT2D eigenvalue weighted by atomic mass is 35.5. The fourth-order valence-corrected chi connectivity index (χ4v) is 9.58. The SMILES string of the molecule is CC[C@@H](C(=O)NC(C)(C)C)N(Cc1ccc(Cl)cc1Cl)C(=O)CN(c1ccc(C23CC4CC(CC(C4)C2)C3)cc1)S(C)(=O)=O. The Morgan fingerprint density at radius 2 is 1.55 bits per heavy atom. The Hall–Kier alpha value is -2.29. The number of nitrogens with one attached hydrogen (secondary N) is 1. The first-order valence-electron chi connectivity index (χ1n) is 15.7. The van der Waals surface area contributed by atoms with Gasteiger partial charge in [0.1, 0.15) is 12.6 Å². The van der Waals surface area contributed by atoms with E-state index in [-0.39, 0.29) is 17.9 Å². The lowest BCUT2D eigenvalue weighted by molar-refractivity contribution is -0.141. The molecule has 2 aromatic carbocycles. The summed E-state index contributed by atoms with van der Waals surface area (Å²) in [5.74, 6) is 1.58. The molecule has 2 amide bonds. The van der Waals surface area contributed by atoms with Gasteiger partial charge in [0.05, 0.1) is 11.9 Å². The molecule has 4 bridgehead atoms. The second-order valence-corrected chi connectivity index (χ2v) is 17.2. The van der Waals surface area contributed by atoms with Gasteiger partial charge in [0, 0.05) is 22.1 Å². The molecule has 1 N–H and O–H groups in total. The van der Waals surface area contributed by atoms with Gasteiger partial charge in [-0.3, -0.25) is 13.9 Å². The van der Waals surface area contributed by atoms with E-state index in [4.69, 9.17) is 23.2 Å². The lowest BCUT2D eigenvalue weighted by Gasteiger charge is -2.57. The van der Waals surface area contributed by atoms with Gasteiger partial charge in [-0.15, -0.1) is 0 Å². The van der Waals surface area contributed by atoms with Crippen LogP contribution in [-0.4, -0.2) is 49.5 Å². The number of anilines is 1. The summed E-state index contributed by atoms with van der Waals surface area (Å²) in [6, 6.07) is 12.0. The van der Waals surface area contributed by atoms with E-state index in [0.29, 0.717) is 27.7 Å². The van der Waals surface area contributed by atoms with E-state index in [1.54, 1.807) is 18.2 Å². The normalized spacial score (nSPS) is 25.0. The van der Waals surface area contributed by atoms with Gasteiger partial charge in [-0.1, -0.05) is 48.3 Å². The topological polar surface area (TPSA) is 86.8 Å². The first kappa shape index (κ1) is 33.1. The maximum Gasteiger partial charge on any atom is 0.244 e. The molecule has 10 heteroatoms. The fourth-order valence-electron chi connectivity index (χ4n) is 8.26. The maximum absolute atomic E-state index is 14.1. The van der Waals surface area contributed by atoms with E-state index in [0.717, 1.165) is 28.3 Å². The van der Waals surface area contributed by atoms with E-state index in [2.05, 4.69) is 17.4 Å². The molecular formula is C34H45Cl2N3O4S. The Bertz CT molecular complexity index is 1470. The number of hydrogen-bond donors (Lipinski definition) is 1. The molecule has 4 aliphatic rings. The van der Waals surface area contributed by atoms with Crippen molar-refractivity contribution in [1.82, 2.24) is 10.2 Å². The zero-order valence-electron chi connectivity index (χ0n) is 26.4. The molecule has 0 saturated heterocycles. The summed E-state index contributed by atoms with van der Waals surface area (Å²) >= 11 is 12.6. The molecule has 0 heterocycles. The summed E-state index contributed by atoms with van der Waals surface area (Å²) in [5, 5.41) is 3.79. The average Bonchev–Trinajstić information content (AvgIpc) is 2.90. The number of carbonyl (C=O) groups is 2. The molecule has 44 heavy (non-hydrogen) atoms. The lowest BCUT2D eigenvalue weighted by Crippen LogP contribution is -2.55. The molecule has 0 spiro atoms. The van der Waals surface area contributed by atoms with Crippen molar-refractivity contribution in [1.29, 1.82) is 0 Å². The van der Waals surface area contributed by atoms with Gasteiger partial charge in [0.2, 0.25) is 21.8 Å². The van der Waals surface area contributed by atoms with E-state index in [9.17, 15) is 18.0 Å². The molecule has 0 radical (unpaired) electrons. The molecule has 4 fully saturated rings. The maximum atomic E-state index is 14.1. The van der Waals surface area contributed by atoms with Crippen molar-refractivity contribution in [3.05, 3.63) is 63.6 Å². The van der Waals surface area contributed by atoms with Gasteiger partial charge >= 0.3 is 0 Å². The average molecular weight is 663 g/mol. The molecule has 4 saturated carbocycles. The smallest absolute Gasteiger partial charge is 0.244 e. The molecule has 6 rings (SSSR count). The van der Waals surface area contributed by atoms with E-state index < -0.39 is 34.1 Å². The Kier molecular flexibility index (Phi) is 9.39. The molecular weight excluding hydrogens is 617 g/mol. The summed E-state index contributed by atoms with van der Waals surface area (Å²) in [7, 11) is -3.83. The van der Waals surface area contributed by atoms with Crippen LogP contribution in [0, 0.1) is 17.8 Å². The third kappa shape index (κ3) is 7.23. The Morgan fingerprint density at radius 3 is 2.02 bits per heavy atom. The summed E-state index contributed by atoms with van der Waals surface area (Å²) in [6.07, 6.45) is 9.13. The van der Waals surface area contributed by atoms with Crippen molar-refractivity contribution in [2.45, 2.75) is 96.2 Å². The Labute approximate surface area is 272 Å².